The fourth-order valence-corrected chi connectivity index (χ4v) is 3.05. The number of fused-ring (bicyclic) bond motifs is 1. The van der Waals surface area contributed by atoms with Crippen LogP contribution in [0.4, 0.5) is 0 Å². The van der Waals surface area contributed by atoms with Crippen molar-refractivity contribution in [3.8, 4) is 17.2 Å². The van der Waals surface area contributed by atoms with E-state index in [2.05, 4.69) is 5.32 Å². The zero-order valence-electron chi connectivity index (χ0n) is 16.4. The second-order valence-electron chi connectivity index (χ2n) is 6.85. The van der Waals surface area contributed by atoms with Gasteiger partial charge in [0.2, 0.25) is 0 Å². The monoisotopic (exact) mass is 369 g/mol. The summed E-state index contributed by atoms with van der Waals surface area (Å²) in [6.07, 6.45) is 0.0535. The van der Waals surface area contributed by atoms with Crippen LogP contribution in [0.1, 0.15) is 43.0 Å². The van der Waals surface area contributed by atoms with E-state index in [1.54, 1.807) is 0 Å². The first-order valence-electron chi connectivity index (χ1n) is 9.42. The van der Waals surface area contributed by atoms with E-state index >= 15 is 0 Å². The van der Waals surface area contributed by atoms with E-state index in [1.165, 1.54) is 0 Å². The van der Waals surface area contributed by atoms with Gasteiger partial charge in [0.05, 0.1) is 6.04 Å². The molecule has 5 nitrogen and oxygen atoms in total. The van der Waals surface area contributed by atoms with Crippen LogP contribution in [0, 0.1) is 13.8 Å². The van der Waals surface area contributed by atoms with Crippen LogP contribution in [0.25, 0.3) is 0 Å². The van der Waals surface area contributed by atoms with Crippen molar-refractivity contribution < 1.29 is 19.0 Å². The van der Waals surface area contributed by atoms with Gasteiger partial charge in [-0.05, 0) is 62.1 Å². The third-order valence-electron chi connectivity index (χ3n) is 4.91. The first-order valence-corrected chi connectivity index (χ1v) is 9.42. The molecule has 2 aromatic carbocycles. The van der Waals surface area contributed by atoms with E-state index in [1.807, 2.05) is 64.1 Å². The van der Waals surface area contributed by atoms with Crippen LogP contribution < -0.4 is 19.5 Å². The third-order valence-corrected chi connectivity index (χ3v) is 4.91. The van der Waals surface area contributed by atoms with Gasteiger partial charge < -0.3 is 19.5 Å². The second kappa shape index (κ2) is 8.33. The van der Waals surface area contributed by atoms with Crippen LogP contribution in [0.3, 0.4) is 0 Å². The molecule has 0 aliphatic carbocycles. The Morgan fingerprint density at radius 2 is 1.89 bits per heavy atom. The van der Waals surface area contributed by atoms with E-state index < -0.39 is 6.10 Å². The molecule has 1 aliphatic heterocycles. The highest BCUT2D eigenvalue weighted by atomic mass is 16.6. The molecular formula is C22H27NO4. The molecule has 1 amide bonds. The number of rotatable bonds is 6. The fourth-order valence-electron chi connectivity index (χ4n) is 3.05. The number of carbonyl (C=O) groups is 1. The van der Waals surface area contributed by atoms with Gasteiger partial charge in [-0.15, -0.1) is 0 Å². The lowest BCUT2D eigenvalue weighted by molar-refractivity contribution is -0.128. The summed E-state index contributed by atoms with van der Waals surface area (Å²) in [5.41, 5.74) is 3.17. The predicted octanol–water partition coefficient (Wildman–Crippen LogP) is 4.11. The Bertz CT molecular complexity index is 818. The second-order valence-corrected chi connectivity index (χ2v) is 6.85. The van der Waals surface area contributed by atoms with Crippen molar-refractivity contribution in [2.45, 2.75) is 46.3 Å². The summed E-state index contributed by atoms with van der Waals surface area (Å²) in [4.78, 5) is 12.8. The summed E-state index contributed by atoms with van der Waals surface area (Å²) in [7, 11) is 0. The molecule has 0 aromatic heterocycles. The molecule has 0 saturated carbocycles. The first-order chi connectivity index (χ1) is 13.0. The van der Waals surface area contributed by atoms with Gasteiger partial charge in [0.15, 0.2) is 17.6 Å². The van der Waals surface area contributed by atoms with Crippen LogP contribution >= 0.6 is 0 Å². The Kier molecular flexibility index (Phi) is 5.89. The average molecular weight is 369 g/mol. The molecule has 0 radical (unpaired) electrons. The van der Waals surface area contributed by atoms with E-state index in [0.717, 1.165) is 33.9 Å². The molecule has 0 fully saturated rings. The molecule has 0 bridgehead atoms. The minimum atomic E-state index is -0.537. The Morgan fingerprint density at radius 1 is 1.15 bits per heavy atom. The number of ether oxygens (including phenoxy) is 3. The lowest BCUT2D eigenvalue weighted by Crippen LogP contribution is -2.39. The molecule has 1 N–H and O–H groups in total. The molecule has 1 heterocycles. The zero-order valence-corrected chi connectivity index (χ0v) is 16.4. The number of benzene rings is 2. The average Bonchev–Trinajstić information content (AvgIpc) is 2.68. The highest BCUT2D eigenvalue weighted by molar-refractivity contribution is 5.81. The number of carbonyl (C=O) groups excluding carboxylic acids is 1. The quantitative estimate of drug-likeness (QED) is 0.833. The van der Waals surface area contributed by atoms with Crippen molar-refractivity contribution in [3.05, 3.63) is 53.1 Å². The first kappa shape index (κ1) is 19.1. The zero-order chi connectivity index (χ0) is 19.4. The highest BCUT2D eigenvalue weighted by Gasteiger charge is 2.22. The number of hydrogen-bond donors (Lipinski definition) is 1. The van der Waals surface area contributed by atoms with Gasteiger partial charge in [-0.2, -0.15) is 0 Å². The van der Waals surface area contributed by atoms with Crippen LogP contribution in [0.5, 0.6) is 17.2 Å². The van der Waals surface area contributed by atoms with Crippen molar-refractivity contribution in [1.82, 2.24) is 5.32 Å². The largest absolute Gasteiger partial charge is 0.486 e. The van der Waals surface area contributed by atoms with E-state index in [9.17, 15) is 4.79 Å². The smallest absolute Gasteiger partial charge is 0.261 e. The molecule has 2 atom stereocenters. The van der Waals surface area contributed by atoms with Gasteiger partial charge in [0.1, 0.15) is 19.0 Å². The Morgan fingerprint density at radius 3 is 2.63 bits per heavy atom. The highest BCUT2D eigenvalue weighted by Crippen LogP contribution is 2.32. The SMILES string of the molecule is CCC(Oc1cccc(C)c1C)C(=O)NC(C)c1ccc2c(c1)OCCO2. The summed E-state index contributed by atoms with van der Waals surface area (Å²) in [5.74, 6) is 2.09. The van der Waals surface area contributed by atoms with Crippen LogP contribution in [-0.2, 0) is 4.79 Å². The standard InChI is InChI=1S/C22H27NO4/c1-5-18(27-19-8-6-7-14(2)15(19)3)22(24)23-16(4)17-9-10-20-21(13-17)26-12-11-25-20/h6-10,13,16,18H,5,11-12H2,1-4H3,(H,23,24). The molecule has 27 heavy (non-hydrogen) atoms. The molecule has 0 spiro atoms. The summed E-state index contributed by atoms with van der Waals surface area (Å²) in [6.45, 7) is 9.05. The molecular weight excluding hydrogens is 342 g/mol. The Balaban J connectivity index is 1.68. The van der Waals surface area contributed by atoms with Crippen LogP contribution in [0.15, 0.2) is 36.4 Å². The van der Waals surface area contributed by atoms with Gasteiger partial charge in [-0.25, -0.2) is 0 Å². The fraction of sp³-hybridized carbons (Fsp3) is 0.409. The topological polar surface area (TPSA) is 56.8 Å². The number of aryl methyl sites for hydroxylation is 1. The van der Waals surface area contributed by atoms with E-state index in [4.69, 9.17) is 14.2 Å². The number of amides is 1. The molecule has 5 heteroatoms. The minimum Gasteiger partial charge on any atom is -0.486 e. The summed E-state index contributed by atoms with van der Waals surface area (Å²) in [6, 6.07) is 11.5. The normalized spacial score (nSPS) is 15.0. The summed E-state index contributed by atoms with van der Waals surface area (Å²) >= 11 is 0. The number of hydrogen-bond acceptors (Lipinski definition) is 4. The maximum Gasteiger partial charge on any atom is 0.261 e. The maximum atomic E-state index is 12.8. The lowest BCUT2D eigenvalue weighted by Gasteiger charge is -2.23. The van der Waals surface area contributed by atoms with Crippen molar-refractivity contribution in [2.24, 2.45) is 0 Å². The van der Waals surface area contributed by atoms with Gasteiger partial charge in [-0.3, -0.25) is 4.79 Å². The maximum absolute atomic E-state index is 12.8. The van der Waals surface area contributed by atoms with Gasteiger partial charge in [0.25, 0.3) is 5.91 Å². The molecule has 144 valence electrons. The van der Waals surface area contributed by atoms with Crippen molar-refractivity contribution in [2.75, 3.05) is 13.2 Å². The lowest BCUT2D eigenvalue weighted by atomic mass is 10.1. The Hall–Kier alpha value is -2.69. The van der Waals surface area contributed by atoms with Gasteiger partial charge in [-0.1, -0.05) is 25.1 Å². The Labute approximate surface area is 160 Å². The van der Waals surface area contributed by atoms with Crippen molar-refractivity contribution in [3.63, 3.8) is 0 Å². The molecule has 2 aromatic rings. The minimum absolute atomic E-state index is 0.124. The van der Waals surface area contributed by atoms with Crippen LogP contribution in [-0.4, -0.2) is 25.2 Å². The summed E-state index contributed by atoms with van der Waals surface area (Å²) < 4.78 is 17.2. The van der Waals surface area contributed by atoms with Crippen LogP contribution in [0.2, 0.25) is 0 Å². The molecule has 3 rings (SSSR count). The third kappa shape index (κ3) is 4.35. The van der Waals surface area contributed by atoms with Crippen molar-refractivity contribution >= 4 is 5.91 Å². The molecule has 2 unspecified atom stereocenters. The van der Waals surface area contributed by atoms with Crippen molar-refractivity contribution in [1.29, 1.82) is 0 Å². The van der Waals surface area contributed by atoms with E-state index in [-0.39, 0.29) is 11.9 Å². The molecule has 0 saturated heterocycles. The molecule has 1 aliphatic rings. The van der Waals surface area contributed by atoms with E-state index in [0.29, 0.717) is 19.6 Å². The predicted molar refractivity (Wildman–Crippen MR) is 105 cm³/mol. The van der Waals surface area contributed by atoms with Gasteiger partial charge >= 0.3 is 0 Å². The number of nitrogens with one attached hydrogen (secondary N) is 1. The summed E-state index contributed by atoms with van der Waals surface area (Å²) in [5, 5.41) is 3.05. The van der Waals surface area contributed by atoms with Gasteiger partial charge in [0, 0.05) is 0 Å².